The zero-order chi connectivity index (χ0) is 17.1. The first-order chi connectivity index (χ1) is 11.5. The Bertz CT molecular complexity index is 746. The van der Waals surface area contributed by atoms with Crippen molar-refractivity contribution < 1.29 is 14.0 Å². The number of carbonyl (C=O) groups excluding carboxylic acids is 2. The van der Waals surface area contributed by atoms with E-state index in [0.717, 1.165) is 5.56 Å². The van der Waals surface area contributed by atoms with Crippen LogP contribution in [-0.2, 0) is 11.3 Å². The average molecular weight is 328 g/mol. The fourth-order valence-corrected chi connectivity index (χ4v) is 2.64. The van der Waals surface area contributed by atoms with Crippen LogP contribution in [0.5, 0.6) is 0 Å². The van der Waals surface area contributed by atoms with Gasteiger partial charge in [0.1, 0.15) is 11.6 Å². The lowest BCUT2D eigenvalue weighted by molar-refractivity contribution is -0.128. The molecule has 1 aliphatic heterocycles. The highest BCUT2D eigenvalue weighted by Crippen LogP contribution is 2.16. The van der Waals surface area contributed by atoms with Crippen LogP contribution in [0.3, 0.4) is 0 Å². The molecule has 24 heavy (non-hydrogen) atoms. The second-order valence-electron chi connectivity index (χ2n) is 5.75. The van der Waals surface area contributed by atoms with E-state index in [1.54, 1.807) is 29.2 Å². The number of likely N-dealkylation sites (tertiary alicyclic amines) is 1. The van der Waals surface area contributed by atoms with Gasteiger partial charge in [0, 0.05) is 25.7 Å². The molecule has 1 fully saturated rings. The number of nitrogens with two attached hydrogens (primary N) is 1. The molecule has 0 spiro atoms. The van der Waals surface area contributed by atoms with Crippen molar-refractivity contribution in [1.29, 1.82) is 0 Å². The van der Waals surface area contributed by atoms with Gasteiger partial charge in [-0.15, -0.1) is 0 Å². The number of hydrogen-bond acceptors (Lipinski definition) is 4. The first kappa shape index (κ1) is 15.9. The highest BCUT2D eigenvalue weighted by Gasteiger charge is 2.30. The predicted molar refractivity (Wildman–Crippen MR) is 86.3 cm³/mol. The SMILES string of the molecule is Nc1ccc(C(=O)NC2CC(=O)N(Cc3ccc(F)cc3)C2)cn1. The topological polar surface area (TPSA) is 88.3 Å². The number of rotatable bonds is 4. The van der Waals surface area contributed by atoms with Crippen LogP contribution >= 0.6 is 0 Å². The maximum absolute atomic E-state index is 12.9. The van der Waals surface area contributed by atoms with E-state index in [1.165, 1.54) is 18.3 Å². The summed E-state index contributed by atoms with van der Waals surface area (Å²) in [7, 11) is 0. The molecule has 7 heteroatoms. The maximum Gasteiger partial charge on any atom is 0.253 e. The number of anilines is 1. The van der Waals surface area contributed by atoms with Crippen molar-refractivity contribution in [3.8, 4) is 0 Å². The summed E-state index contributed by atoms with van der Waals surface area (Å²) < 4.78 is 12.9. The van der Waals surface area contributed by atoms with E-state index in [4.69, 9.17) is 5.73 Å². The Kier molecular flexibility index (Phi) is 4.41. The van der Waals surface area contributed by atoms with E-state index in [-0.39, 0.29) is 30.1 Å². The van der Waals surface area contributed by atoms with Gasteiger partial charge in [-0.1, -0.05) is 12.1 Å². The minimum absolute atomic E-state index is 0.0416. The predicted octanol–water partition coefficient (Wildman–Crippen LogP) is 1.33. The molecule has 2 amide bonds. The molecule has 2 heterocycles. The van der Waals surface area contributed by atoms with Gasteiger partial charge in [-0.3, -0.25) is 9.59 Å². The molecule has 3 N–H and O–H groups in total. The van der Waals surface area contributed by atoms with Gasteiger partial charge in [0.05, 0.1) is 11.6 Å². The number of nitrogen functional groups attached to an aromatic ring is 1. The standard InChI is InChI=1S/C17H17FN4O2/c18-13-4-1-11(2-5-13)9-22-10-14(7-16(22)23)21-17(24)12-3-6-15(19)20-8-12/h1-6,8,14H,7,9-10H2,(H2,19,20)(H,21,24). The zero-order valence-electron chi connectivity index (χ0n) is 12.9. The Morgan fingerprint density at radius 2 is 2.04 bits per heavy atom. The lowest BCUT2D eigenvalue weighted by Crippen LogP contribution is -2.37. The molecule has 0 aliphatic carbocycles. The third kappa shape index (κ3) is 3.68. The molecule has 2 aromatic rings. The lowest BCUT2D eigenvalue weighted by Gasteiger charge is -2.17. The molecule has 124 valence electrons. The molecule has 3 rings (SSSR count). The number of pyridine rings is 1. The Hall–Kier alpha value is -2.96. The van der Waals surface area contributed by atoms with Crippen molar-refractivity contribution in [2.24, 2.45) is 0 Å². The number of aromatic nitrogens is 1. The second-order valence-corrected chi connectivity index (χ2v) is 5.75. The van der Waals surface area contributed by atoms with Crippen LogP contribution in [0.25, 0.3) is 0 Å². The van der Waals surface area contributed by atoms with Crippen molar-refractivity contribution in [2.45, 2.75) is 19.0 Å². The number of carbonyl (C=O) groups is 2. The number of hydrogen-bond donors (Lipinski definition) is 2. The van der Waals surface area contributed by atoms with Gasteiger partial charge in [0.2, 0.25) is 5.91 Å². The smallest absolute Gasteiger partial charge is 0.253 e. The van der Waals surface area contributed by atoms with Gasteiger partial charge >= 0.3 is 0 Å². The van der Waals surface area contributed by atoms with Gasteiger partial charge in [-0.25, -0.2) is 9.37 Å². The van der Waals surface area contributed by atoms with Crippen LogP contribution in [0.15, 0.2) is 42.6 Å². The molecule has 1 atom stereocenters. The first-order valence-corrected chi connectivity index (χ1v) is 7.56. The monoisotopic (exact) mass is 328 g/mol. The molecule has 1 aromatic carbocycles. The summed E-state index contributed by atoms with van der Waals surface area (Å²) in [5.41, 5.74) is 6.74. The van der Waals surface area contributed by atoms with E-state index in [9.17, 15) is 14.0 Å². The molecule has 6 nitrogen and oxygen atoms in total. The van der Waals surface area contributed by atoms with Crippen molar-refractivity contribution in [3.05, 3.63) is 59.5 Å². The summed E-state index contributed by atoms with van der Waals surface area (Å²) >= 11 is 0. The number of halogens is 1. The van der Waals surface area contributed by atoms with Crippen LogP contribution in [0, 0.1) is 5.82 Å². The zero-order valence-corrected chi connectivity index (χ0v) is 12.9. The van der Waals surface area contributed by atoms with Gasteiger partial charge < -0.3 is 16.0 Å². The van der Waals surface area contributed by atoms with Gasteiger partial charge in [0.25, 0.3) is 5.91 Å². The molecule has 1 saturated heterocycles. The van der Waals surface area contributed by atoms with E-state index in [1.807, 2.05) is 0 Å². The summed E-state index contributed by atoms with van der Waals surface area (Å²) in [6, 6.07) is 8.90. The Balaban J connectivity index is 1.59. The minimum atomic E-state index is -0.311. The van der Waals surface area contributed by atoms with Crippen molar-refractivity contribution in [3.63, 3.8) is 0 Å². The quantitative estimate of drug-likeness (QED) is 0.886. The largest absolute Gasteiger partial charge is 0.384 e. The summed E-state index contributed by atoms with van der Waals surface area (Å²) in [4.78, 5) is 29.8. The Labute approximate surface area is 138 Å². The number of benzene rings is 1. The van der Waals surface area contributed by atoms with Crippen LogP contribution in [0.4, 0.5) is 10.2 Å². The van der Waals surface area contributed by atoms with Gasteiger partial charge in [-0.2, -0.15) is 0 Å². The molecule has 1 aromatic heterocycles. The Morgan fingerprint density at radius 3 is 2.71 bits per heavy atom. The van der Waals surface area contributed by atoms with E-state index < -0.39 is 0 Å². The summed E-state index contributed by atoms with van der Waals surface area (Å²) in [6.45, 7) is 0.819. The summed E-state index contributed by atoms with van der Waals surface area (Å²) in [6.07, 6.45) is 1.65. The van der Waals surface area contributed by atoms with Crippen LogP contribution in [-0.4, -0.2) is 34.3 Å². The summed E-state index contributed by atoms with van der Waals surface area (Å²) in [5, 5.41) is 2.83. The van der Waals surface area contributed by atoms with E-state index >= 15 is 0 Å². The number of nitrogens with zero attached hydrogens (tertiary/aromatic N) is 2. The number of amides is 2. The first-order valence-electron chi connectivity index (χ1n) is 7.56. The van der Waals surface area contributed by atoms with Crippen molar-refractivity contribution in [1.82, 2.24) is 15.2 Å². The summed E-state index contributed by atoms with van der Waals surface area (Å²) in [5.74, 6) is -0.300. The average Bonchev–Trinajstić information content (AvgIpc) is 2.89. The third-order valence-corrected chi connectivity index (χ3v) is 3.88. The molecule has 1 aliphatic rings. The fourth-order valence-electron chi connectivity index (χ4n) is 2.64. The minimum Gasteiger partial charge on any atom is -0.384 e. The normalized spacial score (nSPS) is 17.1. The molecular weight excluding hydrogens is 311 g/mol. The molecule has 0 saturated carbocycles. The highest BCUT2D eigenvalue weighted by molar-refractivity contribution is 5.95. The van der Waals surface area contributed by atoms with Crippen molar-refractivity contribution in [2.75, 3.05) is 12.3 Å². The highest BCUT2D eigenvalue weighted by atomic mass is 19.1. The Morgan fingerprint density at radius 1 is 1.29 bits per heavy atom. The van der Waals surface area contributed by atoms with E-state index in [0.29, 0.717) is 24.5 Å². The van der Waals surface area contributed by atoms with Gasteiger partial charge in [0.15, 0.2) is 0 Å². The van der Waals surface area contributed by atoms with Gasteiger partial charge in [-0.05, 0) is 29.8 Å². The molecule has 0 radical (unpaired) electrons. The van der Waals surface area contributed by atoms with Crippen LogP contribution < -0.4 is 11.1 Å². The molecule has 1 unspecified atom stereocenters. The lowest BCUT2D eigenvalue weighted by atomic mass is 10.2. The van der Waals surface area contributed by atoms with Crippen LogP contribution in [0.2, 0.25) is 0 Å². The molecular formula is C17H17FN4O2. The van der Waals surface area contributed by atoms with E-state index in [2.05, 4.69) is 10.3 Å². The third-order valence-electron chi connectivity index (χ3n) is 3.88. The molecule has 0 bridgehead atoms. The second kappa shape index (κ2) is 6.66. The number of nitrogens with one attached hydrogen (secondary N) is 1. The fraction of sp³-hybridized carbons (Fsp3) is 0.235. The van der Waals surface area contributed by atoms with Crippen molar-refractivity contribution >= 4 is 17.6 Å². The van der Waals surface area contributed by atoms with Crippen LogP contribution in [0.1, 0.15) is 22.3 Å². The maximum atomic E-state index is 12.9.